The molecule has 7 heteroatoms. The zero-order valence-corrected chi connectivity index (χ0v) is 14.7. The maximum atomic E-state index is 13.0. The molecule has 0 spiro atoms. The van der Waals surface area contributed by atoms with E-state index in [0.717, 1.165) is 18.4 Å². The molecule has 3 rings (SSSR count). The third-order valence-electron chi connectivity index (χ3n) is 3.71. The molecule has 2 aromatic rings. The van der Waals surface area contributed by atoms with Crippen molar-refractivity contribution in [1.82, 2.24) is 5.16 Å². The molecule has 1 aromatic carbocycles. The Morgan fingerprint density at radius 3 is 2.75 bits per heavy atom. The minimum Gasteiger partial charge on any atom is -0.434 e. The van der Waals surface area contributed by atoms with Gasteiger partial charge in [-0.1, -0.05) is 40.2 Å². The standard InChI is InChI=1S/C17H16BrNO5/c1-2-22-17(21)23-16-13(15(24-19-16)10-7-8-10)14(20)12-6-4-3-5-11(12)9-18/h3-6,10H,2,7-9H2,1H3. The summed E-state index contributed by atoms with van der Waals surface area (Å²) in [4.78, 5) is 24.6. The Morgan fingerprint density at radius 2 is 2.08 bits per heavy atom. The molecule has 1 aliphatic carbocycles. The van der Waals surface area contributed by atoms with Crippen LogP contribution < -0.4 is 4.74 Å². The summed E-state index contributed by atoms with van der Waals surface area (Å²) in [7, 11) is 0. The van der Waals surface area contributed by atoms with Crippen molar-refractivity contribution in [3.8, 4) is 5.88 Å². The van der Waals surface area contributed by atoms with Crippen LogP contribution >= 0.6 is 15.9 Å². The van der Waals surface area contributed by atoms with Gasteiger partial charge in [-0.3, -0.25) is 4.79 Å². The van der Waals surface area contributed by atoms with Crippen molar-refractivity contribution in [2.75, 3.05) is 6.61 Å². The summed E-state index contributed by atoms with van der Waals surface area (Å²) in [6.07, 6.45) is 0.944. The summed E-state index contributed by atoms with van der Waals surface area (Å²) in [6.45, 7) is 1.83. The molecule has 0 atom stereocenters. The van der Waals surface area contributed by atoms with Gasteiger partial charge in [0.2, 0.25) is 5.78 Å². The molecule has 0 bridgehead atoms. The number of carbonyl (C=O) groups excluding carboxylic acids is 2. The third-order valence-corrected chi connectivity index (χ3v) is 4.31. The van der Waals surface area contributed by atoms with Gasteiger partial charge in [0.1, 0.15) is 5.56 Å². The Hall–Kier alpha value is -2.15. The van der Waals surface area contributed by atoms with Crippen molar-refractivity contribution in [3.05, 3.63) is 46.7 Å². The van der Waals surface area contributed by atoms with Crippen LogP contribution in [0.15, 0.2) is 28.8 Å². The fourth-order valence-electron chi connectivity index (χ4n) is 2.41. The van der Waals surface area contributed by atoms with E-state index in [9.17, 15) is 9.59 Å². The summed E-state index contributed by atoms with van der Waals surface area (Å²) in [6, 6.07) is 7.24. The van der Waals surface area contributed by atoms with Crippen molar-refractivity contribution < 1.29 is 23.6 Å². The molecule has 1 aromatic heterocycles. The molecule has 1 heterocycles. The predicted molar refractivity (Wildman–Crippen MR) is 88.6 cm³/mol. The van der Waals surface area contributed by atoms with Crippen molar-refractivity contribution in [2.45, 2.75) is 31.0 Å². The third kappa shape index (κ3) is 3.36. The molecule has 126 valence electrons. The van der Waals surface area contributed by atoms with Crippen LogP contribution in [-0.4, -0.2) is 23.7 Å². The fraction of sp³-hybridized carbons (Fsp3) is 0.353. The van der Waals surface area contributed by atoms with E-state index in [1.165, 1.54) is 0 Å². The molecule has 24 heavy (non-hydrogen) atoms. The van der Waals surface area contributed by atoms with E-state index in [4.69, 9.17) is 14.0 Å². The highest BCUT2D eigenvalue weighted by Gasteiger charge is 2.37. The first-order valence-electron chi connectivity index (χ1n) is 7.68. The molecular weight excluding hydrogens is 378 g/mol. The second kappa shape index (κ2) is 7.17. The van der Waals surface area contributed by atoms with Gasteiger partial charge in [0.25, 0.3) is 5.88 Å². The van der Waals surface area contributed by atoms with Gasteiger partial charge in [-0.25, -0.2) is 4.79 Å². The van der Waals surface area contributed by atoms with E-state index in [-0.39, 0.29) is 29.8 Å². The van der Waals surface area contributed by atoms with Gasteiger partial charge in [-0.15, -0.1) is 0 Å². The number of ketones is 1. The lowest BCUT2D eigenvalue weighted by molar-refractivity contribution is 0.0986. The molecule has 0 unspecified atom stereocenters. The van der Waals surface area contributed by atoms with Crippen molar-refractivity contribution in [2.24, 2.45) is 0 Å². The second-order valence-corrected chi connectivity index (χ2v) is 5.97. The van der Waals surface area contributed by atoms with Crippen LogP contribution in [0.3, 0.4) is 0 Å². The van der Waals surface area contributed by atoms with Gasteiger partial charge in [0, 0.05) is 16.8 Å². The molecule has 0 N–H and O–H groups in total. The number of hydrogen-bond acceptors (Lipinski definition) is 6. The van der Waals surface area contributed by atoms with Crippen LogP contribution in [0.25, 0.3) is 0 Å². The highest BCUT2D eigenvalue weighted by Crippen LogP contribution is 2.44. The number of alkyl halides is 1. The Bertz CT molecular complexity index is 766. The topological polar surface area (TPSA) is 78.6 Å². The monoisotopic (exact) mass is 393 g/mol. The van der Waals surface area contributed by atoms with E-state index in [1.54, 1.807) is 19.1 Å². The predicted octanol–water partition coefficient (Wildman–Crippen LogP) is 4.21. The first-order valence-corrected chi connectivity index (χ1v) is 8.80. The Morgan fingerprint density at radius 1 is 1.33 bits per heavy atom. The fourth-order valence-corrected chi connectivity index (χ4v) is 2.90. The molecule has 0 saturated heterocycles. The lowest BCUT2D eigenvalue weighted by atomic mass is 9.98. The number of carbonyl (C=O) groups is 2. The number of hydrogen-bond donors (Lipinski definition) is 0. The Kier molecular flexibility index (Phi) is 4.99. The van der Waals surface area contributed by atoms with Gasteiger partial charge >= 0.3 is 6.16 Å². The smallest absolute Gasteiger partial charge is 0.434 e. The SMILES string of the molecule is CCOC(=O)Oc1noc(C2CC2)c1C(=O)c1ccccc1CBr. The Labute approximate surface area is 147 Å². The molecule has 6 nitrogen and oxygen atoms in total. The zero-order chi connectivity index (χ0) is 17.1. The van der Waals surface area contributed by atoms with Crippen LogP contribution in [0, 0.1) is 0 Å². The van der Waals surface area contributed by atoms with Crippen LogP contribution in [-0.2, 0) is 10.1 Å². The summed E-state index contributed by atoms with van der Waals surface area (Å²) in [5, 5.41) is 4.31. The van der Waals surface area contributed by atoms with E-state index in [2.05, 4.69) is 21.1 Å². The second-order valence-electron chi connectivity index (χ2n) is 5.41. The molecule has 1 aliphatic rings. The molecule has 1 fully saturated rings. The quantitative estimate of drug-likeness (QED) is 0.415. The average molecular weight is 394 g/mol. The normalized spacial score (nSPS) is 13.6. The number of aromatic nitrogens is 1. The maximum Gasteiger partial charge on any atom is 0.515 e. The van der Waals surface area contributed by atoms with Gasteiger partial charge in [0.15, 0.2) is 5.76 Å². The van der Waals surface area contributed by atoms with E-state index in [1.807, 2.05) is 12.1 Å². The maximum absolute atomic E-state index is 13.0. The van der Waals surface area contributed by atoms with Crippen molar-refractivity contribution in [3.63, 3.8) is 0 Å². The summed E-state index contributed by atoms with van der Waals surface area (Å²) >= 11 is 3.38. The number of nitrogens with zero attached hydrogens (tertiary/aromatic N) is 1. The highest BCUT2D eigenvalue weighted by atomic mass is 79.9. The Balaban J connectivity index is 1.99. The molecule has 0 radical (unpaired) electrons. The van der Waals surface area contributed by atoms with Gasteiger partial charge in [-0.05, 0) is 30.5 Å². The summed E-state index contributed by atoms with van der Waals surface area (Å²) < 4.78 is 15.1. The minimum atomic E-state index is -0.907. The number of ether oxygens (including phenoxy) is 2. The molecular formula is C17H16BrNO5. The largest absolute Gasteiger partial charge is 0.515 e. The number of benzene rings is 1. The van der Waals surface area contributed by atoms with E-state index < -0.39 is 6.16 Å². The van der Waals surface area contributed by atoms with Crippen LogP contribution in [0.5, 0.6) is 5.88 Å². The first kappa shape index (κ1) is 16.7. The molecule has 1 saturated carbocycles. The van der Waals surface area contributed by atoms with E-state index in [0.29, 0.717) is 16.7 Å². The van der Waals surface area contributed by atoms with Gasteiger partial charge < -0.3 is 14.0 Å². The number of rotatable bonds is 6. The zero-order valence-electron chi connectivity index (χ0n) is 13.1. The number of halogens is 1. The lowest BCUT2D eigenvalue weighted by Crippen LogP contribution is -2.14. The lowest BCUT2D eigenvalue weighted by Gasteiger charge is -2.07. The van der Waals surface area contributed by atoms with Gasteiger partial charge in [-0.2, -0.15) is 0 Å². The summed E-state index contributed by atoms with van der Waals surface area (Å²) in [5.74, 6) is 0.216. The van der Waals surface area contributed by atoms with Crippen molar-refractivity contribution >= 4 is 27.9 Å². The highest BCUT2D eigenvalue weighted by molar-refractivity contribution is 9.08. The average Bonchev–Trinajstić information content (AvgIpc) is 3.35. The van der Waals surface area contributed by atoms with Gasteiger partial charge in [0.05, 0.1) is 6.61 Å². The van der Waals surface area contributed by atoms with Crippen LogP contribution in [0.2, 0.25) is 0 Å². The van der Waals surface area contributed by atoms with Crippen molar-refractivity contribution in [1.29, 1.82) is 0 Å². The van der Waals surface area contributed by atoms with E-state index >= 15 is 0 Å². The molecule has 0 aliphatic heterocycles. The summed E-state index contributed by atoms with van der Waals surface area (Å²) in [5.41, 5.74) is 1.57. The minimum absolute atomic E-state index is 0.135. The molecule has 0 amide bonds. The van der Waals surface area contributed by atoms with Crippen LogP contribution in [0.4, 0.5) is 4.79 Å². The van der Waals surface area contributed by atoms with Crippen LogP contribution in [0.1, 0.15) is 52.9 Å². The first-order chi connectivity index (χ1) is 11.7.